The first-order valence-corrected chi connectivity index (χ1v) is 7.47. The summed E-state index contributed by atoms with van der Waals surface area (Å²) < 4.78 is 0. The molecule has 0 atom stereocenters. The molecule has 0 fully saturated rings. The number of carbonyl (C=O) groups excluding carboxylic acids is 1. The van der Waals surface area contributed by atoms with E-state index in [9.17, 15) is 4.79 Å². The van der Waals surface area contributed by atoms with Crippen molar-refractivity contribution < 1.29 is 4.79 Å². The minimum absolute atomic E-state index is 0.223. The van der Waals surface area contributed by atoms with E-state index in [1.807, 2.05) is 39.0 Å². The molecule has 2 N–H and O–H groups in total. The highest BCUT2D eigenvalue weighted by atomic mass is 16.1. The van der Waals surface area contributed by atoms with Gasteiger partial charge in [-0.05, 0) is 50.5 Å². The molecule has 0 radical (unpaired) electrons. The Bertz CT molecular complexity index is 682. The normalized spacial score (nSPS) is 10.4. The first-order chi connectivity index (χ1) is 10.5. The SMILES string of the molecule is CCCNc1nc(C)cc(C(=O)Nc2cc(C)ccc2C)n1. The number of benzene rings is 1. The molecule has 0 aliphatic rings. The smallest absolute Gasteiger partial charge is 0.274 e. The molecule has 0 saturated heterocycles. The van der Waals surface area contributed by atoms with Gasteiger partial charge in [-0.15, -0.1) is 0 Å². The summed E-state index contributed by atoms with van der Waals surface area (Å²) in [6.45, 7) is 8.66. The number of nitrogens with zero attached hydrogens (tertiary/aromatic N) is 2. The van der Waals surface area contributed by atoms with Crippen LogP contribution in [0, 0.1) is 20.8 Å². The number of hydrogen-bond acceptors (Lipinski definition) is 4. The van der Waals surface area contributed by atoms with Crippen LogP contribution < -0.4 is 10.6 Å². The van der Waals surface area contributed by atoms with Crippen LogP contribution in [0.2, 0.25) is 0 Å². The first-order valence-electron chi connectivity index (χ1n) is 7.47. The highest BCUT2D eigenvalue weighted by Crippen LogP contribution is 2.17. The van der Waals surface area contributed by atoms with E-state index in [-0.39, 0.29) is 5.91 Å². The zero-order valence-electron chi connectivity index (χ0n) is 13.5. The molecule has 0 bridgehead atoms. The largest absolute Gasteiger partial charge is 0.354 e. The van der Waals surface area contributed by atoms with Gasteiger partial charge in [0.15, 0.2) is 0 Å². The van der Waals surface area contributed by atoms with Crippen molar-refractivity contribution in [3.63, 3.8) is 0 Å². The number of aryl methyl sites for hydroxylation is 3. The van der Waals surface area contributed by atoms with Gasteiger partial charge in [0, 0.05) is 17.9 Å². The molecule has 22 heavy (non-hydrogen) atoms. The van der Waals surface area contributed by atoms with Gasteiger partial charge in [0.05, 0.1) is 0 Å². The summed E-state index contributed by atoms with van der Waals surface area (Å²) in [5.41, 5.74) is 4.06. The van der Waals surface area contributed by atoms with E-state index in [0.29, 0.717) is 11.6 Å². The molecule has 5 nitrogen and oxygen atoms in total. The number of amides is 1. The fourth-order valence-electron chi connectivity index (χ4n) is 2.06. The van der Waals surface area contributed by atoms with Gasteiger partial charge in [-0.1, -0.05) is 19.1 Å². The van der Waals surface area contributed by atoms with E-state index in [0.717, 1.165) is 35.5 Å². The Morgan fingerprint density at radius 1 is 1.14 bits per heavy atom. The minimum atomic E-state index is -0.223. The van der Waals surface area contributed by atoms with Crippen LogP contribution in [0.25, 0.3) is 0 Å². The molecule has 2 rings (SSSR count). The highest BCUT2D eigenvalue weighted by molar-refractivity contribution is 6.03. The van der Waals surface area contributed by atoms with E-state index < -0.39 is 0 Å². The Hall–Kier alpha value is -2.43. The summed E-state index contributed by atoms with van der Waals surface area (Å²) in [4.78, 5) is 21.0. The maximum atomic E-state index is 12.4. The summed E-state index contributed by atoms with van der Waals surface area (Å²) in [6.07, 6.45) is 0.974. The Kier molecular flexibility index (Phi) is 5.09. The second-order valence-corrected chi connectivity index (χ2v) is 5.42. The average molecular weight is 298 g/mol. The monoisotopic (exact) mass is 298 g/mol. The van der Waals surface area contributed by atoms with Crippen molar-refractivity contribution in [2.75, 3.05) is 17.2 Å². The van der Waals surface area contributed by atoms with Crippen molar-refractivity contribution in [1.82, 2.24) is 9.97 Å². The number of rotatable bonds is 5. The summed E-state index contributed by atoms with van der Waals surface area (Å²) in [6, 6.07) is 7.66. The molecular formula is C17H22N4O. The fourth-order valence-corrected chi connectivity index (χ4v) is 2.06. The highest BCUT2D eigenvalue weighted by Gasteiger charge is 2.12. The van der Waals surface area contributed by atoms with E-state index >= 15 is 0 Å². The third kappa shape index (κ3) is 4.04. The second kappa shape index (κ2) is 7.02. The van der Waals surface area contributed by atoms with Crippen LogP contribution in [0.4, 0.5) is 11.6 Å². The lowest BCUT2D eigenvalue weighted by Gasteiger charge is -2.10. The maximum absolute atomic E-state index is 12.4. The number of anilines is 2. The molecule has 0 saturated carbocycles. The average Bonchev–Trinajstić information content (AvgIpc) is 2.48. The van der Waals surface area contributed by atoms with E-state index in [1.54, 1.807) is 6.07 Å². The Balaban J connectivity index is 2.21. The van der Waals surface area contributed by atoms with Gasteiger partial charge in [0.2, 0.25) is 5.95 Å². The molecule has 1 amide bonds. The minimum Gasteiger partial charge on any atom is -0.354 e. The standard InChI is InChI=1S/C17H22N4O/c1-5-8-18-17-19-13(4)10-15(21-17)16(22)20-14-9-11(2)6-7-12(14)3/h6-7,9-10H,5,8H2,1-4H3,(H,20,22)(H,18,19,21). The molecule has 0 unspecified atom stereocenters. The van der Waals surface area contributed by atoms with Gasteiger partial charge in [0.1, 0.15) is 5.69 Å². The molecule has 116 valence electrons. The lowest BCUT2D eigenvalue weighted by Crippen LogP contribution is -2.17. The van der Waals surface area contributed by atoms with Crippen molar-refractivity contribution in [1.29, 1.82) is 0 Å². The lowest BCUT2D eigenvalue weighted by atomic mass is 10.1. The third-order valence-corrected chi connectivity index (χ3v) is 3.26. The molecule has 0 aliphatic heterocycles. The van der Waals surface area contributed by atoms with Crippen molar-refractivity contribution in [2.24, 2.45) is 0 Å². The quantitative estimate of drug-likeness (QED) is 0.887. The van der Waals surface area contributed by atoms with E-state index in [4.69, 9.17) is 0 Å². The fraction of sp³-hybridized carbons (Fsp3) is 0.353. The van der Waals surface area contributed by atoms with Gasteiger partial charge in [-0.3, -0.25) is 4.79 Å². The van der Waals surface area contributed by atoms with E-state index in [2.05, 4.69) is 27.5 Å². The van der Waals surface area contributed by atoms with Crippen LogP contribution in [0.3, 0.4) is 0 Å². The van der Waals surface area contributed by atoms with Gasteiger partial charge in [-0.2, -0.15) is 0 Å². The number of hydrogen-bond donors (Lipinski definition) is 2. The van der Waals surface area contributed by atoms with Crippen molar-refractivity contribution in [3.8, 4) is 0 Å². The molecule has 0 aliphatic carbocycles. The van der Waals surface area contributed by atoms with Crippen LogP contribution in [-0.4, -0.2) is 22.4 Å². The predicted octanol–water partition coefficient (Wildman–Crippen LogP) is 3.48. The number of nitrogens with one attached hydrogen (secondary N) is 2. The van der Waals surface area contributed by atoms with Crippen molar-refractivity contribution in [2.45, 2.75) is 34.1 Å². The Morgan fingerprint density at radius 3 is 2.64 bits per heavy atom. The first kappa shape index (κ1) is 15.9. The lowest BCUT2D eigenvalue weighted by molar-refractivity contribution is 0.102. The second-order valence-electron chi connectivity index (χ2n) is 5.42. The maximum Gasteiger partial charge on any atom is 0.274 e. The summed E-state index contributed by atoms with van der Waals surface area (Å²) in [5, 5.41) is 6.03. The van der Waals surface area contributed by atoms with Gasteiger partial charge < -0.3 is 10.6 Å². The molecule has 1 heterocycles. The topological polar surface area (TPSA) is 66.9 Å². The number of aromatic nitrogens is 2. The van der Waals surface area contributed by atoms with Crippen LogP contribution in [0.5, 0.6) is 0 Å². The molecular weight excluding hydrogens is 276 g/mol. The van der Waals surface area contributed by atoms with Crippen LogP contribution >= 0.6 is 0 Å². The summed E-state index contributed by atoms with van der Waals surface area (Å²) in [5.74, 6) is 0.270. The Morgan fingerprint density at radius 2 is 1.91 bits per heavy atom. The van der Waals surface area contributed by atoms with Crippen LogP contribution in [0.1, 0.15) is 40.7 Å². The molecule has 5 heteroatoms. The summed E-state index contributed by atoms with van der Waals surface area (Å²) >= 11 is 0. The molecule has 2 aromatic rings. The van der Waals surface area contributed by atoms with Crippen molar-refractivity contribution in [3.05, 3.63) is 46.8 Å². The molecule has 0 spiro atoms. The number of carbonyl (C=O) groups is 1. The molecule has 1 aromatic carbocycles. The van der Waals surface area contributed by atoms with Crippen LogP contribution in [-0.2, 0) is 0 Å². The van der Waals surface area contributed by atoms with Crippen molar-refractivity contribution >= 4 is 17.5 Å². The van der Waals surface area contributed by atoms with Gasteiger partial charge in [0.25, 0.3) is 5.91 Å². The third-order valence-electron chi connectivity index (χ3n) is 3.26. The molecule has 1 aromatic heterocycles. The summed E-state index contributed by atoms with van der Waals surface area (Å²) in [7, 11) is 0. The predicted molar refractivity (Wildman–Crippen MR) is 89.4 cm³/mol. The van der Waals surface area contributed by atoms with E-state index in [1.165, 1.54) is 0 Å². The zero-order valence-corrected chi connectivity index (χ0v) is 13.5. The Labute approximate surface area is 131 Å². The van der Waals surface area contributed by atoms with Crippen LogP contribution in [0.15, 0.2) is 24.3 Å². The van der Waals surface area contributed by atoms with Gasteiger partial charge >= 0.3 is 0 Å². The van der Waals surface area contributed by atoms with Gasteiger partial charge in [-0.25, -0.2) is 9.97 Å². The zero-order chi connectivity index (χ0) is 16.1.